The topological polar surface area (TPSA) is 285 Å². The molecule has 298 valence electrons. The summed E-state index contributed by atoms with van der Waals surface area (Å²) < 4.78 is 16.0. The number of hydrogen-bond acceptors (Lipinski definition) is 9. The number of aliphatic imine (C=N–C) groups is 1. The summed E-state index contributed by atoms with van der Waals surface area (Å²) in [5.41, 5.74) is 23.3. The average Bonchev–Trinajstić information content (AvgIpc) is 3.82. The fourth-order valence-corrected chi connectivity index (χ4v) is 6.62. The molecule has 2 heterocycles. The van der Waals surface area contributed by atoms with Crippen LogP contribution in [0.4, 0.5) is 4.39 Å². The molecule has 2 aromatic carbocycles. The van der Waals surface area contributed by atoms with Gasteiger partial charge in [-0.1, -0.05) is 37.3 Å². The number of carbonyl (C=O) groups is 6. The Morgan fingerprint density at radius 2 is 1.45 bits per heavy atom. The van der Waals surface area contributed by atoms with Crippen LogP contribution in [0, 0.1) is 11.7 Å². The number of carbonyl (C=O) groups excluding carboxylic acids is 6. The second-order valence-corrected chi connectivity index (χ2v) is 14.5. The van der Waals surface area contributed by atoms with Crippen molar-refractivity contribution < 1.29 is 33.2 Å². The molecule has 0 unspecified atom stereocenters. The average molecular weight is 792 g/mol. The van der Waals surface area contributed by atoms with Crippen molar-refractivity contribution in [2.24, 2.45) is 33.8 Å². The van der Waals surface area contributed by atoms with Crippen molar-refractivity contribution in [3.8, 4) is 5.13 Å². The molecule has 19 heteroatoms. The first-order chi connectivity index (χ1) is 26.6. The van der Waals surface area contributed by atoms with Gasteiger partial charge in [0.2, 0.25) is 29.5 Å². The molecule has 12 N–H and O–H groups in total. The van der Waals surface area contributed by atoms with Crippen LogP contribution in [-0.4, -0.2) is 81.7 Å². The molecule has 2 aromatic heterocycles. The number of primary amides is 2. The van der Waals surface area contributed by atoms with Crippen LogP contribution in [0.1, 0.15) is 55.5 Å². The minimum Gasteiger partial charge on any atom is -0.370 e. The fraction of sp³-hybridized carbons (Fsp3) is 0.351. The number of halogens is 1. The summed E-state index contributed by atoms with van der Waals surface area (Å²) in [6, 6.07) is 8.65. The van der Waals surface area contributed by atoms with Gasteiger partial charge in [0.25, 0.3) is 5.91 Å². The van der Waals surface area contributed by atoms with Gasteiger partial charge in [0.05, 0.1) is 16.6 Å². The molecule has 4 aromatic rings. The van der Waals surface area contributed by atoms with Crippen molar-refractivity contribution in [1.29, 1.82) is 0 Å². The van der Waals surface area contributed by atoms with Crippen LogP contribution in [-0.2, 0) is 30.4 Å². The van der Waals surface area contributed by atoms with Gasteiger partial charge in [0, 0.05) is 30.9 Å². The summed E-state index contributed by atoms with van der Waals surface area (Å²) in [6.07, 6.45) is 3.42. The monoisotopic (exact) mass is 791 g/mol. The van der Waals surface area contributed by atoms with E-state index < -0.39 is 71.8 Å². The number of rotatable bonds is 20. The fourth-order valence-electron chi connectivity index (χ4n) is 5.65. The maximum absolute atomic E-state index is 13.9. The second-order valence-electron chi connectivity index (χ2n) is 13.5. The molecular weight excluding hydrogens is 746 g/mol. The van der Waals surface area contributed by atoms with E-state index in [1.54, 1.807) is 32.0 Å². The number of aromatic nitrogens is 2. The summed E-state index contributed by atoms with van der Waals surface area (Å²) in [5, 5.41) is 11.0. The van der Waals surface area contributed by atoms with Crippen molar-refractivity contribution in [2.75, 3.05) is 6.54 Å². The molecule has 4 atom stereocenters. The Balaban J connectivity index is 1.51. The number of guanidine groups is 1. The highest BCUT2D eigenvalue weighted by Crippen LogP contribution is 2.26. The summed E-state index contributed by atoms with van der Waals surface area (Å²) in [5.74, 6) is -5.70. The Morgan fingerprint density at radius 3 is 2.07 bits per heavy atom. The van der Waals surface area contributed by atoms with Crippen molar-refractivity contribution >= 4 is 63.0 Å². The predicted octanol–water partition coefficient (Wildman–Crippen LogP) is 0.482. The summed E-state index contributed by atoms with van der Waals surface area (Å²) in [4.78, 5) is 87.3. The molecule has 0 saturated heterocycles. The largest absolute Gasteiger partial charge is 0.370 e. The van der Waals surface area contributed by atoms with Gasteiger partial charge in [-0.3, -0.25) is 33.8 Å². The van der Waals surface area contributed by atoms with Crippen molar-refractivity contribution in [1.82, 2.24) is 30.8 Å². The van der Waals surface area contributed by atoms with E-state index in [1.807, 2.05) is 29.1 Å². The molecule has 0 radical (unpaired) electrons. The van der Waals surface area contributed by atoms with Crippen LogP contribution in [0.5, 0.6) is 0 Å². The van der Waals surface area contributed by atoms with Crippen molar-refractivity contribution in [2.45, 2.75) is 70.1 Å². The molecule has 56 heavy (non-hydrogen) atoms. The van der Waals surface area contributed by atoms with E-state index in [4.69, 9.17) is 22.9 Å². The molecule has 17 nitrogen and oxygen atoms in total. The molecule has 0 spiro atoms. The highest BCUT2D eigenvalue weighted by atomic mass is 32.1. The van der Waals surface area contributed by atoms with Crippen molar-refractivity contribution in [3.05, 3.63) is 83.9 Å². The Morgan fingerprint density at radius 1 is 0.821 bits per heavy atom. The Hall–Kier alpha value is -6.37. The number of benzene rings is 2. The highest BCUT2D eigenvalue weighted by molar-refractivity contribution is 7.20. The number of nitrogens with one attached hydrogen (secondary N) is 4. The van der Waals surface area contributed by atoms with Gasteiger partial charge in [-0.05, 0) is 73.2 Å². The molecule has 6 amide bonds. The standard InChI is InChI=1S/C37H46FN11O6S/c1-20(2)16-27(34(54)47-28(19-30(39)50)35(55)45-26(31(40)51)17-21-7-10-23(38)11-8-21)46-33(53)25(6-5-13-43-36(41)42)44-32(52)22-9-12-24-29(18-22)56-37(48-24)49-14-3-4-15-49/h3-4,7-12,14-15,18,20,25-28H,5-6,13,16-17,19H2,1-2H3,(H2,39,50)(H2,40,51)(H,44,52)(H,45,55)(H,46,53)(H,47,54)(H4,41,42,43)/t25-,26-,27-,28-/m0/s1. The van der Waals surface area contributed by atoms with Gasteiger partial charge in [-0.15, -0.1) is 0 Å². The third-order valence-electron chi connectivity index (χ3n) is 8.42. The maximum Gasteiger partial charge on any atom is 0.251 e. The van der Waals surface area contributed by atoms with Crippen LogP contribution >= 0.6 is 11.3 Å². The molecule has 4 rings (SSSR count). The number of thiazole rings is 1. The normalized spacial score (nSPS) is 13.2. The minimum absolute atomic E-state index is 0.0835. The van der Waals surface area contributed by atoms with E-state index in [-0.39, 0.29) is 49.7 Å². The van der Waals surface area contributed by atoms with Gasteiger partial charge in [-0.25, -0.2) is 9.37 Å². The Labute approximate surface area is 325 Å². The number of nitrogens with two attached hydrogens (primary N) is 4. The lowest BCUT2D eigenvalue weighted by atomic mass is 10.0. The van der Waals surface area contributed by atoms with Gasteiger partial charge >= 0.3 is 0 Å². The number of fused-ring (bicyclic) bond motifs is 1. The first kappa shape index (κ1) is 42.4. The van der Waals surface area contributed by atoms with E-state index in [1.165, 1.54) is 35.6 Å². The van der Waals surface area contributed by atoms with Crippen LogP contribution in [0.2, 0.25) is 0 Å². The predicted molar refractivity (Wildman–Crippen MR) is 208 cm³/mol. The molecule has 0 bridgehead atoms. The van der Waals surface area contributed by atoms with Gasteiger partial charge in [-0.2, -0.15) is 0 Å². The summed E-state index contributed by atoms with van der Waals surface area (Å²) in [7, 11) is 0. The Kier molecular flexibility index (Phi) is 15.0. The SMILES string of the molecule is CC(C)C[C@H](NC(=O)[C@H](CCCN=C(N)N)NC(=O)c1ccc2nc(-n3cccc3)sc2c1)C(=O)N[C@@H](CC(N)=O)C(=O)N[C@@H](Cc1ccc(F)cc1)C(N)=O. The number of amides is 6. The third-order valence-corrected chi connectivity index (χ3v) is 9.45. The lowest BCUT2D eigenvalue weighted by Crippen LogP contribution is -2.59. The first-order valence-electron chi connectivity index (χ1n) is 17.7. The quantitative estimate of drug-likeness (QED) is 0.0351. The van der Waals surface area contributed by atoms with Gasteiger partial charge in [0.15, 0.2) is 11.1 Å². The van der Waals surface area contributed by atoms with Crippen molar-refractivity contribution in [3.63, 3.8) is 0 Å². The van der Waals surface area contributed by atoms with E-state index >= 15 is 0 Å². The molecule has 0 saturated carbocycles. The third kappa shape index (κ3) is 12.6. The Bertz CT molecular complexity index is 2050. The molecule has 0 aliphatic rings. The van der Waals surface area contributed by atoms with Crippen LogP contribution in [0.25, 0.3) is 15.3 Å². The lowest BCUT2D eigenvalue weighted by Gasteiger charge is -2.26. The zero-order valence-corrected chi connectivity index (χ0v) is 31.7. The highest BCUT2D eigenvalue weighted by Gasteiger charge is 2.32. The van der Waals surface area contributed by atoms with E-state index in [9.17, 15) is 33.2 Å². The van der Waals surface area contributed by atoms with Crippen LogP contribution in [0.15, 0.2) is 72.0 Å². The van der Waals surface area contributed by atoms with E-state index in [0.717, 1.165) is 4.70 Å². The van der Waals surface area contributed by atoms with E-state index in [2.05, 4.69) is 31.2 Å². The zero-order valence-electron chi connectivity index (χ0n) is 30.9. The second kappa shape index (κ2) is 19.8. The molecular formula is C37H46FN11O6S. The smallest absolute Gasteiger partial charge is 0.251 e. The lowest BCUT2D eigenvalue weighted by molar-refractivity contribution is -0.135. The van der Waals surface area contributed by atoms with E-state index in [0.29, 0.717) is 16.2 Å². The van der Waals surface area contributed by atoms with Gasteiger partial charge < -0.3 is 48.8 Å². The number of hydrogen-bond donors (Lipinski definition) is 8. The molecule has 0 aliphatic carbocycles. The molecule has 0 fully saturated rings. The summed E-state index contributed by atoms with van der Waals surface area (Å²) in [6.45, 7) is 3.77. The van der Waals surface area contributed by atoms with Crippen LogP contribution in [0.3, 0.4) is 0 Å². The van der Waals surface area contributed by atoms with Crippen LogP contribution < -0.4 is 44.2 Å². The summed E-state index contributed by atoms with van der Waals surface area (Å²) >= 11 is 1.38. The zero-order chi connectivity index (χ0) is 40.9. The number of nitrogens with zero attached hydrogens (tertiary/aromatic N) is 3. The van der Waals surface area contributed by atoms with Gasteiger partial charge in [0.1, 0.15) is 30.0 Å². The molecule has 0 aliphatic heterocycles. The maximum atomic E-state index is 13.9. The first-order valence-corrected chi connectivity index (χ1v) is 18.5. The minimum atomic E-state index is -1.56.